The monoisotopic (exact) mass is 469 g/mol. The summed E-state index contributed by atoms with van der Waals surface area (Å²) in [6, 6.07) is 25.8. The van der Waals surface area contributed by atoms with Crippen LogP contribution in [-0.4, -0.2) is 25.7 Å². The number of nitrogens with one attached hydrogen (secondary N) is 1. The molecule has 8 heteroatoms. The van der Waals surface area contributed by atoms with E-state index < -0.39 is 5.97 Å². The van der Waals surface area contributed by atoms with E-state index in [4.69, 9.17) is 9.84 Å². The van der Waals surface area contributed by atoms with Crippen molar-refractivity contribution in [2.45, 2.75) is 16.4 Å². The van der Waals surface area contributed by atoms with Crippen LogP contribution in [0.15, 0.2) is 106 Å². The van der Waals surface area contributed by atoms with Crippen LogP contribution in [0.25, 0.3) is 16.8 Å². The van der Waals surface area contributed by atoms with Crippen molar-refractivity contribution in [3.8, 4) is 16.9 Å². The topological polar surface area (TPSA) is 96.7 Å². The molecule has 0 aliphatic carbocycles. The van der Waals surface area contributed by atoms with Gasteiger partial charge in [0.25, 0.3) is 5.56 Å². The molecule has 34 heavy (non-hydrogen) atoms. The molecular weight excluding hydrogens is 450 g/mol. The molecule has 0 saturated carbocycles. The molecule has 0 amide bonds. The van der Waals surface area contributed by atoms with Gasteiger partial charge in [-0.25, -0.2) is 4.79 Å². The molecule has 0 atom stereocenters. The lowest BCUT2D eigenvalue weighted by molar-refractivity contribution is 0.0697. The van der Waals surface area contributed by atoms with Crippen LogP contribution >= 0.6 is 11.8 Å². The number of ether oxygens (including phenoxy) is 1. The minimum absolute atomic E-state index is 0.120. The Morgan fingerprint density at radius 2 is 1.68 bits per heavy atom. The lowest BCUT2D eigenvalue weighted by atomic mass is 10.1. The Morgan fingerprint density at radius 3 is 2.38 bits per heavy atom. The van der Waals surface area contributed by atoms with Crippen LogP contribution in [0.3, 0.4) is 0 Å². The molecule has 0 fully saturated rings. The third-order valence-corrected chi connectivity index (χ3v) is 6.21. The van der Waals surface area contributed by atoms with Gasteiger partial charge in [0.1, 0.15) is 18.0 Å². The van der Waals surface area contributed by atoms with Gasteiger partial charge in [-0.05, 0) is 54.1 Å². The Kier molecular flexibility index (Phi) is 5.88. The van der Waals surface area contributed by atoms with Crippen molar-refractivity contribution in [1.82, 2.24) is 14.6 Å². The number of hydrogen-bond acceptors (Lipinski definition) is 5. The molecule has 2 heterocycles. The zero-order chi connectivity index (χ0) is 23.5. The first-order chi connectivity index (χ1) is 16.6. The molecule has 0 bridgehead atoms. The first-order valence-corrected chi connectivity index (χ1v) is 11.3. The number of nitrogens with zero attached hydrogens (tertiary/aromatic N) is 2. The summed E-state index contributed by atoms with van der Waals surface area (Å²) in [6.07, 6.45) is 1.67. The van der Waals surface area contributed by atoms with E-state index in [1.165, 1.54) is 22.7 Å². The predicted molar refractivity (Wildman–Crippen MR) is 130 cm³/mol. The third-order valence-electron chi connectivity index (χ3n) is 5.19. The molecule has 168 valence electrons. The van der Waals surface area contributed by atoms with E-state index >= 15 is 0 Å². The summed E-state index contributed by atoms with van der Waals surface area (Å²) in [6.45, 7) is 0.120. The highest BCUT2D eigenvalue weighted by Gasteiger charge is 2.12. The van der Waals surface area contributed by atoms with Gasteiger partial charge in [0.2, 0.25) is 0 Å². The molecule has 0 saturated heterocycles. The highest BCUT2D eigenvalue weighted by Crippen LogP contribution is 2.30. The fraction of sp³-hybridized carbons (Fsp3) is 0.0385. The zero-order valence-electron chi connectivity index (χ0n) is 17.8. The van der Waals surface area contributed by atoms with E-state index in [0.717, 1.165) is 20.9 Å². The number of aromatic carboxylic acids is 1. The van der Waals surface area contributed by atoms with Crippen molar-refractivity contribution in [1.29, 1.82) is 0 Å². The molecule has 3 aromatic carbocycles. The van der Waals surface area contributed by atoms with E-state index in [2.05, 4.69) is 22.2 Å². The second-order valence-electron chi connectivity index (χ2n) is 7.51. The van der Waals surface area contributed by atoms with Gasteiger partial charge in [0.05, 0.1) is 17.5 Å². The lowest BCUT2D eigenvalue weighted by Crippen LogP contribution is -2.16. The highest BCUT2D eigenvalue weighted by molar-refractivity contribution is 7.99. The molecule has 5 rings (SSSR count). The lowest BCUT2D eigenvalue weighted by Gasteiger charge is -2.08. The number of fused-ring (bicyclic) bond motifs is 1. The smallest absolute Gasteiger partial charge is 0.335 e. The van der Waals surface area contributed by atoms with E-state index in [1.54, 1.807) is 30.1 Å². The maximum atomic E-state index is 12.6. The summed E-state index contributed by atoms with van der Waals surface area (Å²) in [7, 11) is 0. The predicted octanol–water partition coefficient (Wildman–Crippen LogP) is 5.12. The Hall–Kier alpha value is -4.30. The van der Waals surface area contributed by atoms with Crippen molar-refractivity contribution < 1.29 is 14.6 Å². The Morgan fingerprint density at radius 1 is 0.971 bits per heavy atom. The second kappa shape index (κ2) is 9.29. The van der Waals surface area contributed by atoms with Crippen LogP contribution in [0.1, 0.15) is 16.1 Å². The summed E-state index contributed by atoms with van der Waals surface area (Å²) >= 11 is 1.68. The minimum Gasteiger partial charge on any atom is -0.487 e. The normalized spacial score (nSPS) is 10.9. The molecule has 0 spiro atoms. The SMILES string of the molecule is O=C(O)c1ccc(OCc2cc(=O)n3ncc(-c4ccc(Sc5ccccc5)cc4)c3[nH]2)cc1. The van der Waals surface area contributed by atoms with Crippen LogP contribution in [0.2, 0.25) is 0 Å². The zero-order valence-corrected chi connectivity index (χ0v) is 18.7. The molecule has 0 aliphatic rings. The number of aromatic amines is 1. The number of carboxylic acids is 1. The molecule has 2 N–H and O–H groups in total. The fourth-order valence-corrected chi connectivity index (χ4v) is 4.34. The fourth-order valence-electron chi connectivity index (χ4n) is 3.51. The van der Waals surface area contributed by atoms with Gasteiger partial charge in [-0.3, -0.25) is 4.79 Å². The van der Waals surface area contributed by atoms with Gasteiger partial charge in [0, 0.05) is 21.4 Å². The number of carbonyl (C=O) groups is 1. The first-order valence-electron chi connectivity index (χ1n) is 10.5. The molecule has 0 aliphatic heterocycles. The summed E-state index contributed by atoms with van der Waals surface area (Å²) in [5.41, 5.74) is 2.82. The average Bonchev–Trinajstić information content (AvgIpc) is 3.29. The standard InChI is InChI=1S/C26H19N3O4S/c30-24-14-19(16-33-20-10-6-18(7-11-20)26(31)32)28-25-23(15-27-29(24)25)17-8-12-22(13-9-17)34-21-4-2-1-3-5-21/h1-15,28H,16H2,(H,31,32). The van der Waals surface area contributed by atoms with Crippen LogP contribution in [-0.2, 0) is 6.61 Å². The summed E-state index contributed by atoms with van der Waals surface area (Å²) in [4.78, 5) is 29.1. The van der Waals surface area contributed by atoms with Crippen LogP contribution in [0, 0.1) is 0 Å². The third kappa shape index (κ3) is 4.57. The quantitative estimate of drug-likeness (QED) is 0.344. The van der Waals surface area contributed by atoms with E-state index in [1.807, 2.05) is 42.5 Å². The minimum atomic E-state index is -0.999. The van der Waals surface area contributed by atoms with Crippen molar-refractivity contribution >= 4 is 23.4 Å². The largest absolute Gasteiger partial charge is 0.487 e. The summed E-state index contributed by atoms with van der Waals surface area (Å²) < 4.78 is 7.06. The van der Waals surface area contributed by atoms with Crippen molar-refractivity contribution in [3.63, 3.8) is 0 Å². The second-order valence-corrected chi connectivity index (χ2v) is 8.66. The number of aromatic nitrogens is 3. The Bertz CT molecular complexity index is 1510. The van der Waals surface area contributed by atoms with Crippen LogP contribution in [0.4, 0.5) is 0 Å². The number of carboxylic acid groups (broad SMARTS) is 1. The molecule has 7 nitrogen and oxygen atoms in total. The van der Waals surface area contributed by atoms with Crippen LogP contribution < -0.4 is 10.3 Å². The molecular formula is C26H19N3O4S. The number of H-pyrrole nitrogens is 1. The van der Waals surface area contributed by atoms with Gasteiger partial charge in [-0.15, -0.1) is 0 Å². The van der Waals surface area contributed by atoms with Crippen molar-refractivity contribution in [3.05, 3.63) is 113 Å². The molecule has 0 radical (unpaired) electrons. The molecule has 5 aromatic rings. The van der Waals surface area contributed by atoms with Gasteiger partial charge in [-0.1, -0.05) is 42.1 Å². The number of benzene rings is 3. The van der Waals surface area contributed by atoms with Crippen molar-refractivity contribution in [2.75, 3.05) is 0 Å². The van der Waals surface area contributed by atoms with Crippen LogP contribution in [0.5, 0.6) is 5.75 Å². The van der Waals surface area contributed by atoms with Gasteiger partial charge >= 0.3 is 5.97 Å². The van der Waals surface area contributed by atoms with Crippen molar-refractivity contribution in [2.24, 2.45) is 0 Å². The first kappa shape index (κ1) is 21.5. The maximum Gasteiger partial charge on any atom is 0.335 e. The molecule has 2 aromatic heterocycles. The van der Waals surface area contributed by atoms with E-state index in [9.17, 15) is 9.59 Å². The number of hydrogen-bond donors (Lipinski definition) is 2. The average molecular weight is 470 g/mol. The number of rotatable bonds is 7. The van der Waals surface area contributed by atoms with Gasteiger partial charge in [0.15, 0.2) is 0 Å². The highest BCUT2D eigenvalue weighted by atomic mass is 32.2. The Balaban J connectivity index is 1.37. The van der Waals surface area contributed by atoms with Gasteiger partial charge in [-0.2, -0.15) is 9.61 Å². The van der Waals surface area contributed by atoms with E-state index in [-0.39, 0.29) is 17.7 Å². The van der Waals surface area contributed by atoms with E-state index in [0.29, 0.717) is 17.1 Å². The Labute approximate surface area is 198 Å². The maximum absolute atomic E-state index is 12.6. The summed E-state index contributed by atoms with van der Waals surface area (Å²) in [5, 5.41) is 13.2. The molecule has 0 unspecified atom stereocenters. The van der Waals surface area contributed by atoms with Gasteiger partial charge < -0.3 is 14.8 Å². The summed E-state index contributed by atoms with van der Waals surface area (Å²) in [5.74, 6) is -0.493.